The molecule has 0 radical (unpaired) electrons. The molecule has 38 heavy (non-hydrogen) atoms. The van der Waals surface area contributed by atoms with Crippen LogP contribution in [0.5, 0.6) is 5.75 Å². The number of carbonyl (C=O) groups excluding carboxylic acids is 3. The van der Waals surface area contributed by atoms with E-state index in [2.05, 4.69) is 10.6 Å². The maximum atomic E-state index is 13.4. The summed E-state index contributed by atoms with van der Waals surface area (Å²) in [5, 5.41) is 5.81. The van der Waals surface area contributed by atoms with E-state index in [0.29, 0.717) is 40.6 Å². The third-order valence-corrected chi connectivity index (χ3v) is 6.71. The predicted octanol–water partition coefficient (Wildman–Crippen LogP) is 4.67. The number of benzene rings is 3. The van der Waals surface area contributed by atoms with E-state index in [9.17, 15) is 18.8 Å². The first kappa shape index (κ1) is 25.3. The van der Waals surface area contributed by atoms with Gasteiger partial charge in [0.2, 0.25) is 5.91 Å². The van der Waals surface area contributed by atoms with Crippen LogP contribution in [0.25, 0.3) is 0 Å². The summed E-state index contributed by atoms with van der Waals surface area (Å²) in [7, 11) is 1.55. The van der Waals surface area contributed by atoms with Crippen LogP contribution in [0.3, 0.4) is 0 Å². The van der Waals surface area contributed by atoms with Crippen LogP contribution in [-0.4, -0.2) is 42.5 Å². The minimum absolute atomic E-state index is 0.0883. The summed E-state index contributed by atoms with van der Waals surface area (Å²) in [4.78, 5) is 40.4. The summed E-state index contributed by atoms with van der Waals surface area (Å²) >= 11 is 0. The molecule has 2 aliphatic rings. The first-order chi connectivity index (χ1) is 18.4. The molecule has 1 heterocycles. The molecule has 1 aliphatic carbocycles. The number of ether oxygens (including phenoxy) is 2. The molecule has 3 aromatic rings. The van der Waals surface area contributed by atoms with Gasteiger partial charge in [-0.3, -0.25) is 14.5 Å². The SMILES string of the molecule is COc1ccc(C(=O)Nc2cccc(C3OC(=O)N(Cc4ccc(F)cc4)C3C(=O)NCC3CC3)c2)cc1. The van der Waals surface area contributed by atoms with E-state index in [0.717, 1.165) is 12.8 Å². The zero-order valence-corrected chi connectivity index (χ0v) is 20.9. The molecule has 0 aromatic heterocycles. The predicted molar refractivity (Wildman–Crippen MR) is 138 cm³/mol. The number of hydrogen-bond donors (Lipinski definition) is 2. The number of cyclic esters (lactones) is 1. The fourth-order valence-corrected chi connectivity index (χ4v) is 4.41. The molecule has 8 nitrogen and oxygen atoms in total. The van der Waals surface area contributed by atoms with Crippen LogP contribution in [-0.2, 0) is 16.1 Å². The average Bonchev–Trinajstić information content (AvgIpc) is 3.71. The highest BCUT2D eigenvalue weighted by atomic mass is 19.1. The molecule has 2 N–H and O–H groups in total. The standard InChI is InChI=1S/C29H28FN3O5/c1-37-24-13-9-20(10-14-24)27(34)32-23-4-2-3-21(15-23)26-25(28(35)31-16-18-5-6-18)33(29(36)38-26)17-19-7-11-22(30)12-8-19/h2-4,7-15,18,25-26H,5-6,16-17H2,1H3,(H,31,35)(H,32,34). The lowest BCUT2D eigenvalue weighted by molar-refractivity contribution is -0.126. The molecule has 2 unspecified atom stereocenters. The Balaban J connectivity index is 1.37. The molecule has 5 rings (SSSR count). The quantitative estimate of drug-likeness (QED) is 0.430. The van der Waals surface area contributed by atoms with Gasteiger partial charge >= 0.3 is 6.09 Å². The van der Waals surface area contributed by atoms with Crippen molar-refractivity contribution < 1.29 is 28.2 Å². The summed E-state index contributed by atoms with van der Waals surface area (Å²) in [6, 6.07) is 18.5. The van der Waals surface area contributed by atoms with E-state index in [-0.39, 0.29) is 24.2 Å². The van der Waals surface area contributed by atoms with Crippen molar-refractivity contribution in [1.82, 2.24) is 10.2 Å². The van der Waals surface area contributed by atoms with Gasteiger partial charge in [-0.2, -0.15) is 0 Å². The van der Waals surface area contributed by atoms with Gasteiger partial charge < -0.3 is 20.1 Å². The second-order valence-electron chi connectivity index (χ2n) is 9.50. The Morgan fingerprint density at radius 1 is 1.05 bits per heavy atom. The number of nitrogens with one attached hydrogen (secondary N) is 2. The lowest BCUT2D eigenvalue weighted by Crippen LogP contribution is -2.46. The van der Waals surface area contributed by atoms with E-state index in [1.807, 2.05) is 0 Å². The maximum Gasteiger partial charge on any atom is 0.411 e. The largest absolute Gasteiger partial charge is 0.497 e. The Labute approximate surface area is 219 Å². The summed E-state index contributed by atoms with van der Waals surface area (Å²) in [5.74, 6) is 0.0792. The van der Waals surface area contributed by atoms with Gasteiger partial charge in [0.05, 0.1) is 13.7 Å². The Hall–Kier alpha value is -4.40. The van der Waals surface area contributed by atoms with Crippen molar-refractivity contribution in [3.63, 3.8) is 0 Å². The molecule has 1 aliphatic heterocycles. The van der Waals surface area contributed by atoms with Crippen molar-refractivity contribution in [3.05, 3.63) is 95.3 Å². The third-order valence-electron chi connectivity index (χ3n) is 6.71. The van der Waals surface area contributed by atoms with Crippen molar-refractivity contribution in [3.8, 4) is 5.75 Å². The average molecular weight is 518 g/mol. The molecule has 1 saturated carbocycles. The molecule has 0 bridgehead atoms. The Kier molecular flexibility index (Phi) is 7.26. The van der Waals surface area contributed by atoms with E-state index >= 15 is 0 Å². The van der Waals surface area contributed by atoms with Gasteiger partial charge in [0, 0.05) is 17.8 Å². The van der Waals surface area contributed by atoms with Gasteiger partial charge in [0.25, 0.3) is 5.91 Å². The number of hydrogen-bond acceptors (Lipinski definition) is 5. The van der Waals surface area contributed by atoms with E-state index in [1.54, 1.807) is 67.8 Å². The molecule has 196 valence electrons. The Morgan fingerprint density at radius 2 is 1.79 bits per heavy atom. The minimum atomic E-state index is -0.932. The normalized spacial score (nSPS) is 18.6. The summed E-state index contributed by atoms with van der Waals surface area (Å²) < 4.78 is 24.3. The fourth-order valence-electron chi connectivity index (χ4n) is 4.41. The van der Waals surface area contributed by atoms with Gasteiger partial charge in [0.15, 0.2) is 12.1 Å². The van der Waals surface area contributed by atoms with Gasteiger partial charge in [-0.15, -0.1) is 0 Å². The van der Waals surface area contributed by atoms with E-state index < -0.39 is 18.2 Å². The van der Waals surface area contributed by atoms with Crippen molar-refractivity contribution in [2.45, 2.75) is 31.5 Å². The molecule has 0 spiro atoms. The van der Waals surface area contributed by atoms with Crippen molar-refractivity contribution in [2.24, 2.45) is 5.92 Å². The van der Waals surface area contributed by atoms with Crippen molar-refractivity contribution in [2.75, 3.05) is 19.0 Å². The first-order valence-corrected chi connectivity index (χ1v) is 12.5. The highest BCUT2D eigenvalue weighted by Gasteiger charge is 2.47. The van der Waals surface area contributed by atoms with Crippen LogP contribution in [0, 0.1) is 11.7 Å². The molecule has 9 heteroatoms. The maximum absolute atomic E-state index is 13.4. The summed E-state index contributed by atoms with van der Waals surface area (Å²) in [6.07, 6.45) is 0.608. The van der Waals surface area contributed by atoms with E-state index in [1.165, 1.54) is 17.0 Å². The zero-order valence-electron chi connectivity index (χ0n) is 20.9. The van der Waals surface area contributed by atoms with Crippen LogP contribution < -0.4 is 15.4 Å². The molecule has 3 amide bonds. The number of anilines is 1. The number of nitrogens with zero attached hydrogens (tertiary/aromatic N) is 1. The molecular weight excluding hydrogens is 489 g/mol. The Bertz CT molecular complexity index is 1320. The van der Waals surface area contributed by atoms with Crippen LogP contribution in [0.2, 0.25) is 0 Å². The molecular formula is C29H28FN3O5. The highest BCUT2D eigenvalue weighted by Crippen LogP contribution is 2.35. The van der Waals surface area contributed by atoms with E-state index in [4.69, 9.17) is 9.47 Å². The molecule has 3 aromatic carbocycles. The number of methoxy groups -OCH3 is 1. The van der Waals surface area contributed by atoms with Crippen molar-refractivity contribution in [1.29, 1.82) is 0 Å². The fraction of sp³-hybridized carbons (Fsp3) is 0.276. The van der Waals surface area contributed by atoms with Gasteiger partial charge in [-0.25, -0.2) is 9.18 Å². The Morgan fingerprint density at radius 3 is 2.47 bits per heavy atom. The highest BCUT2D eigenvalue weighted by molar-refractivity contribution is 6.04. The topological polar surface area (TPSA) is 97.0 Å². The van der Waals surface area contributed by atoms with Gasteiger partial charge in [-0.1, -0.05) is 24.3 Å². The molecule has 2 atom stereocenters. The van der Waals surface area contributed by atoms with Gasteiger partial charge in [0.1, 0.15) is 11.6 Å². The van der Waals surface area contributed by atoms with Gasteiger partial charge in [-0.05, 0) is 78.4 Å². The number of halogens is 1. The van der Waals surface area contributed by atoms with Crippen LogP contribution >= 0.6 is 0 Å². The van der Waals surface area contributed by atoms with Crippen LogP contribution in [0.4, 0.5) is 14.9 Å². The summed E-state index contributed by atoms with van der Waals surface area (Å²) in [6.45, 7) is 0.629. The molecule has 1 saturated heterocycles. The second kappa shape index (κ2) is 10.9. The number of carbonyl (C=O) groups is 3. The number of amides is 3. The zero-order chi connectivity index (χ0) is 26.6. The van der Waals surface area contributed by atoms with Crippen molar-refractivity contribution >= 4 is 23.6 Å². The van der Waals surface area contributed by atoms with Crippen LogP contribution in [0.1, 0.15) is 40.4 Å². The smallest absolute Gasteiger partial charge is 0.411 e. The molecule has 2 fully saturated rings. The van der Waals surface area contributed by atoms with Crippen LogP contribution in [0.15, 0.2) is 72.8 Å². The monoisotopic (exact) mass is 517 g/mol. The lowest BCUT2D eigenvalue weighted by Gasteiger charge is -2.24. The lowest BCUT2D eigenvalue weighted by atomic mass is 10.00. The first-order valence-electron chi connectivity index (χ1n) is 12.5. The minimum Gasteiger partial charge on any atom is -0.497 e. The third kappa shape index (κ3) is 5.77. The second-order valence-corrected chi connectivity index (χ2v) is 9.50. The number of rotatable bonds is 9. The summed E-state index contributed by atoms with van der Waals surface area (Å²) in [5.41, 5.74) is 2.18.